The molecule has 0 aromatic rings. The van der Waals surface area contributed by atoms with E-state index in [0.717, 1.165) is 17.9 Å². The van der Waals surface area contributed by atoms with Crippen molar-refractivity contribution in [3.8, 4) is 0 Å². The van der Waals surface area contributed by atoms with Crippen LogP contribution in [0.25, 0.3) is 0 Å². The summed E-state index contributed by atoms with van der Waals surface area (Å²) < 4.78 is 0. The summed E-state index contributed by atoms with van der Waals surface area (Å²) in [4.78, 5) is 5.20. The second-order valence-corrected chi connectivity index (χ2v) is 7.16. The van der Waals surface area contributed by atoms with E-state index < -0.39 is 0 Å². The lowest BCUT2D eigenvalue weighted by Crippen LogP contribution is -2.45. The molecule has 2 N–H and O–H groups in total. The first kappa shape index (κ1) is 16.3. The first-order valence-corrected chi connectivity index (χ1v) is 8.82. The van der Waals surface area contributed by atoms with Crippen LogP contribution < -0.4 is 5.73 Å². The van der Waals surface area contributed by atoms with Gasteiger partial charge in [-0.15, -0.1) is 0 Å². The van der Waals surface area contributed by atoms with E-state index in [0.29, 0.717) is 6.04 Å². The number of likely N-dealkylation sites (N-methyl/N-ethyl adjacent to an activating group) is 2. The topological polar surface area (TPSA) is 32.5 Å². The molecule has 3 nitrogen and oxygen atoms in total. The van der Waals surface area contributed by atoms with Gasteiger partial charge in [0, 0.05) is 25.2 Å². The summed E-state index contributed by atoms with van der Waals surface area (Å²) in [6.07, 6.45) is 8.04. The maximum Gasteiger partial charge on any atom is 0.0223 e. The molecule has 0 spiro atoms. The van der Waals surface area contributed by atoms with Gasteiger partial charge in [-0.2, -0.15) is 0 Å². The van der Waals surface area contributed by atoms with Gasteiger partial charge in [0.25, 0.3) is 0 Å². The zero-order valence-corrected chi connectivity index (χ0v) is 13.9. The first-order chi connectivity index (χ1) is 9.63. The molecule has 0 aromatic carbocycles. The van der Waals surface area contributed by atoms with Gasteiger partial charge >= 0.3 is 0 Å². The molecule has 3 heteroatoms. The van der Waals surface area contributed by atoms with Crippen LogP contribution in [0.4, 0.5) is 0 Å². The van der Waals surface area contributed by atoms with Crippen LogP contribution in [0.15, 0.2) is 0 Å². The van der Waals surface area contributed by atoms with Crippen molar-refractivity contribution in [1.82, 2.24) is 9.80 Å². The zero-order valence-electron chi connectivity index (χ0n) is 13.9. The highest BCUT2D eigenvalue weighted by atomic mass is 15.2. The third-order valence-corrected chi connectivity index (χ3v) is 5.70. The molecule has 1 heterocycles. The largest absolute Gasteiger partial charge is 0.327 e. The molecule has 20 heavy (non-hydrogen) atoms. The molecular weight excluding hydrogens is 246 g/mol. The Labute approximate surface area is 125 Å². The molecule has 1 aliphatic carbocycles. The van der Waals surface area contributed by atoms with E-state index in [2.05, 4.69) is 30.7 Å². The van der Waals surface area contributed by atoms with Gasteiger partial charge in [0.1, 0.15) is 0 Å². The van der Waals surface area contributed by atoms with Crippen LogP contribution in [-0.4, -0.2) is 55.1 Å². The predicted octanol–water partition coefficient (Wildman–Crippen LogP) is 2.56. The SMILES string of the molecule is CCC1CCC(N)C(CN(C)CC2CCCN2CC)C1. The van der Waals surface area contributed by atoms with Crippen LogP contribution >= 0.6 is 0 Å². The van der Waals surface area contributed by atoms with Crippen LogP contribution in [0.1, 0.15) is 52.4 Å². The Balaban J connectivity index is 1.79. The lowest BCUT2D eigenvalue weighted by atomic mass is 9.77. The molecule has 1 aliphatic heterocycles. The van der Waals surface area contributed by atoms with Crippen molar-refractivity contribution in [3.63, 3.8) is 0 Å². The molecule has 4 atom stereocenters. The third kappa shape index (κ3) is 4.19. The highest BCUT2D eigenvalue weighted by molar-refractivity contribution is 4.86. The molecule has 118 valence electrons. The third-order valence-electron chi connectivity index (χ3n) is 5.70. The molecule has 2 rings (SSSR count). The van der Waals surface area contributed by atoms with Gasteiger partial charge in [0.05, 0.1) is 0 Å². The van der Waals surface area contributed by atoms with Gasteiger partial charge in [-0.25, -0.2) is 0 Å². The predicted molar refractivity (Wildman–Crippen MR) is 86.9 cm³/mol. The first-order valence-electron chi connectivity index (χ1n) is 8.82. The summed E-state index contributed by atoms with van der Waals surface area (Å²) >= 11 is 0. The highest BCUT2D eigenvalue weighted by Gasteiger charge is 2.29. The van der Waals surface area contributed by atoms with E-state index in [9.17, 15) is 0 Å². The molecule has 2 fully saturated rings. The van der Waals surface area contributed by atoms with Crippen LogP contribution in [-0.2, 0) is 0 Å². The number of hydrogen-bond donors (Lipinski definition) is 1. The molecule has 1 saturated carbocycles. The summed E-state index contributed by atoms with van der Waals surface area (Å²) in [5.74, 6) is 1.64. The monoisotopic (exact) mass is 281 g/mol. The maximum absolute atomic E-state index is 6.37. The minimum Gasteiger partial charge on any atom is -0.327 e. The van der Waals surface area contributed by atoms with Crippen molar-refractivity contribution < 1.29 is 0 Å². The smallest absolute Gasteiger partial charge is 0.0223 e. The summed E-state index contributed by atoms with van der Waals surface area (Å²) in [6, 6.07) is 1.22. The number of hydrogen-bond acceptors (Lipinski definition) is 3. The number of nitrogens with two attached hydrogens (primary N) is 1. The van der Waals surface area contributed by atoms with E-state index in [-0.39, 0.29) is 0 Å². The molecule has 4 unspecified atom stereocenters. The summed E-state index contributed by atoms with van der Waals surface area (Å²) in [7, 11) is 2.30. The van der Waals surface area contributed by atoms with E-state index in [1.165, 1.54) is 64.7 Å². The van der Waals surface area contributed by atoms with Gasteiger partial charge in [0.15, 0.2) is 0 Å². The molecule has 2 aliphatic rings. The normalized spacial score (nSPS) is 35.9. The second-order valence-electron chi connectivity index (χ2n) is 7.16. The average molecular weight is 281 g/mol. The van der Waals surface area contributed by atoms with Crippen molar-refractivity contribution in [2.75, 3.05) is 33.2 Å². The van der Waals surface area contributed by atoms with Crippen molar-refractivity contribution in [2.45, 2.75) is 64.5 Å². The summed E-state index contributed by atoms with van der Waals surface area (Å²) in [5.41, 5.74) is 6.37. The molecule has 0 bridgehead atoms. The van der Waals surface area contributed by atoms with Crippen molar-refractivity contribution >= 4 is 0 Å². The highest BCUT2D eigenvalue weighted by Crippen LogP contribution is 2.31. The van der Waals surface area contributed by atoms with Gasteiger partial charge in [-0.05, 0) is 64.1 Å². The Kier molecular flexibility index (Phi) is 6.31. The van der Waals surface area contributed by atoms with Crippen LogP contribution in [0.5, 0.6) is 0 Å². The lowest BCUT2D eigenvalue weighted by Gasteiger charge is -2.37. The quantitative estimate of drug-likeness (QED) is 0.812. The maximum atomic E-state index is 6.37. The molecule has 0 aromatic heterocycles. The van der Waals surface area contributed by atoms with Gasteiger partial charge < -0.3 is 10.6 Å². The Morgan fingerprint density at radius 1 is 1.15 bits per heavy atom. The van der Waals surface area contributed by atoms with E-state index in [4.69, 9.17) is 5.73 Å². The van der Waals surface area contributed by atoms with Crippen molar-refractivity contribution in [2.24, 2.45) is 17.6 Å². The van der Waals surface area contributed by atoms with E-state index >= 15 is 0 Å². The molecule has 0 amide bonds. The Morgan fingerprint density at radius 2 is 1.95 bits per heavy atom. The fraction of sp³-hybridized carbons (Fsp3) is 1.00. The zero-order chi connectivity index (χ0) is 14.5. The Bertz CT molecular complexity index is 281. The number of nitrogens with zero attached hydrogens (tertiary/aromatic N) is 2. The van der Waals surface area contributed by atoms with Gasteiger partial charge in [-0.1, -0.05) is 20.3 Å². The van der Waals surface area contributed by atoms with E-state index in [1.807, 2.05) is 0 Å². The number of likely N-dealkylation sites (tertiary alicyclic amines) is 1. The molecule has 1 saturated heterocycles. The Morgan fingerprint density at radius 3 is 2.65 bits per heavy atom. The second kappa shape index (κ2) is 7.77. The van der Waals surface area contributed by atoms with Gasteiger partial charge in [0.2, 0.25) is 0 Å². The number of rotatable bonds is 6. The minimum absolute atomic E-state index is 0.436. The molecule has 0 radical (unpaired) electrons. The van der Waals surface area contributed by atoms with Crippen molar-refractivity contribution in [1.29, 1.82) is 0 Å². The van der Waals surface area contributed by atoms with Crippen LogP contribution in [0.3, 0.4) is 0 Å². The average Bonchev–Trinajstić information content (AvgIpc) is 2.88. The fourth-order valence-corrected chi connectivity index (χ4v) is 4.32. The molecular formula is C17H35N3. The summed E-state index contributed by atoms with van der Waals surface area (Å²) in [5, 5.41) is 0. The lowest BCUT2D eigenvalue weighted by molar-refractivity contribution is 0.143. The summed E-state index contributed by atoms with van der Waals surface area (Å²) in [6.45, 7) is 9.57. The van der Waals surface area contributed by atoms with E-state index in [1.54, 1.807) is 0 Å². The van der Waals surface area contributed by atoms with Crippen molar-refractivity contribution in [3.05, 3.63) is 0 Å². The standard InChI is InChI=1S/C17H35N3/c1-4-14-8-9-17(18)15(11-14)12-19(3)13-16-7-6-10-20(16)5-2/h14-17H,4-13,18H2,1-3H3. The van der Waals surface area contributed by atoms with Gasteiger partial charge in [-0.3, -0.25) is 4.90 Å². The fourth-order valence-electron chi connectivity index (χ4n) is 4.32. The Hall–Kier alpha value is -0.120. The van der Waals surface area contributed by atoms with Crippen LogP contribution in [0.2, 0.25) is 0 Å². The van der Waals surface area contributed by atoms with Crippen LogP contribution in [0, 0.1) is 11.8 Å². The minimum atomic E-state index is 0.436.